The highest BCUT2D eigenvalue weighted by molar-refractivity contribution is 6.08. The normalized spacial score (nSPS) is 15.6. The van der Waals surface area contributed by atoms with Gasteiger partial charge in [0.05, 0.1) is 11.4 Å². The largest absolute Gasteiger partial charge is 0.381 e. The zero-order valence-corrected chi connectivity index (χ0v) is 16.5. The lowest BCUT2D eigenvalue weighted by Gasteiger charge is -2.30. The molecule has 0 radical (unpaired) electrons. The molecular formula is C21H28N4O2. The number of hydrogen-bond donors (Lipinski definition) is 3. The molecule has 6 heteroatoms. The van der Waals surface area contributed by atoms with Crippen LogP contribution < -0.4 is 10.6 Å². The molecule has 3 rings (SSSR count). The first-order chi connectivity index (χ1) is 12.9. The van der Waals surface area contributed by atoms with Crippen LogP contribution in [0.25, 0.3) is 0 Å². The lowest BCUT2D eigenvalue weighted by molar-refractivity contribution is 0.101. The molecule has 1 aromatic carbocycles. The van der Waals surface area contributed by atoms with Crippen LogP contribution in [0.2, 0.25) is 0 Å². The number of carbonyl (C=O) groups excluding carboxylic acids is 2. The Labute approximate surface area is 160 Å². The SMILES string of the molecule is CC(=O)c1c(C)[nH]c(C(=O)Nc2ccccc2NC2CCN(C)CC2)c1C. The van der Waals surface area contributed by atoms with Gasteiger partial charge in [-0.15, -0.1) is 0 Å². The Hall–Kier alpha value is -2.60. The van der Waals surface area contributed by atoms with Gasteiger partial charge in [0.1, 0.15) is 5.69 Å². The van der Waals surface area contributed by atoms with E-state index in [9.17, 15) is 9.59 Å². The standard InChI is InChI=1S/C21H28N4O2/c1-13-19(15(3)26)14(2)22-20(13)21(27)24-18-8-6-5-7-17(18)23-16-9-11-25(4)12-10-16/h5-8,16,22-23H,9-12H2,1-4H3,(H,24,27). The van der Waals surface area contributed by atoms with Crippen LogP contribution in [0.5, 0.6) is 0 Å². The van der Waals surface area contributed by atoms with Gasteiger partial charge in [-0.3, -0.25) is 9.59 Å². The second kappa shape index (κ2) is 7.96. The van der Waals surface area contributed by atoms with E-state index in [0.717, 1.165) is 43.0 Å². The first-order valence-corrected chi connectivity index (χ1v) is 9.42. The van der Waals surface area contributed by atoms with Gasteiger partial charge in [0.25, 0.3) is 5.91 Å². The quantitative estimate of drug-likeness (QED) is 0.705. The first kappa shape index (κ1) is 19.2. The van der Waals surface area contributed by atoms with Crippen molar-refractivity contribution < 1.29 is 9.59 Å². The number of aromatic amines is 1. The molecule has 2 aromatic rings. The molecule has 0 unspecified atom stereocenters. The van der Waals surface area contributed by atoms with Crippen molar-refractivity contribution in [3.63, 3.8) is 0 Å². The van der Waals surface area contributed by atoms with Crippen LogP contribution in [0.3, 0.4) is 0 Å². The number of carbonyl (C=O) groups is 2. The van der Waals surface area contributed by atoms with E-state index in [-0.39, 0.29) is 11.7 Å². The van der Waals surface area contributed by atoms with E-state index in [0.29, 0.717) is 22.9 Å². The molecule has 0 bridgehead atoms. The van der Waals surface area contributed by atoms with Crippen molar-refractivity contribution in [1.82, 2.24) is 9.88 Å². The van der Waals surface area contributed by atoms with Crippen molar-refractivity contribution in [1.29, 1.82) is 0 Å². The van der Waals surface area contributed by atoms with Gasteiger partial charge < -0.3 is 20.5 Å². The van der Waals surface area contributed by atoms with E-state index < -0.39 is 0 Å². The van der Waals surface area contributed by atoms with Crippen molar-refractivity contribution >= 4 is 23.1 Å². The molecule has 0 spiro atoms. The molecule has 2 heterocycles. The number of nitrogens with zero attached hydrogens (tertiary/aromatic N) is 1. The van der Waals surface area contributed by atoms with Crippen molar-refractivity contribution in [3.05, 3.63) is 46.8 Å². The third kappa shape index (κ3) is 4.22. The van der Waals surface area contributed by atoms with E-state index in [1.807, 2.05) is 31.2 Å². The topological polar surface area (TPSA) is 77.2 Å². The Morgan fingerprint density at radius 2 is 1.74 bits per heavy atom. The number of rotatable bonds is 5. The number of benzene rings is 1. The highest BCUT2D eigenvalue weighted by atomic mass is 16.2. The van der Waals surface area contributed by atoms with Crippen LogP contribution >= 0.6 is 0 Å². The third-order valence-electron chi connectivity index (χ3n) is 5.27. The minimum absolute atomic E-state index is 0.0374. The van der Waals surface area contributed by atoms with E-state index in [1.165, 1.54) is 6.92 Å². The Morgan fingerprint density at radius 3 is 2.33 bits per heavy atom. The molecule has 1 fully saturated rings. The maximum atomic E-state index is 12.8. The lowest BCUT2D eigenvalue weighted by atomic mass is 10.0. The van der Waals surface area contributed by atoms with Crippen molar-refractivity contribution in [2.75, 3.05) is 30.8 Å². The number of Topliss-reactive ketones (excluding diaryl/α,β-unsaturated/α-hetero) is 1. The summed E-state index contributed by atoms with van der Waals surface area (Å²) >= 11 is 0. The molecule has 1 aliphatic rings. The zero-order chi connectivity index (χ0) is 19.6. The van der Waals surface area contributed by atoms with Gasteiger partial charge in [-0.05, 0) is 71.4 Å². The Kier molecular flexibility index (Phi) is 5.65. The van der Waals surface area contributed by atoms with Crippen LogP contribution in [0.4, 0.5) is 11.4 Å². The number of piperidine rings is 1. The van der Waals surface area contributed by atoms with E-state index >= 15 is 0 Å². The predicted octanol–water partition coefficient (Wildman–Crippen LogP) is 3.59. The van der Waals surface area contributed by atoms with Crippen molar-refractivity contribution in [2.24, 2.45) is 0 Å². The Morgan fingerprint density at radius 1 is 1.11 bits per heavy atom. The number of H-pyrrole nitrogens is 1. The number of aromatic nitrogens is 1. The van der Waals surface area contributed by atoms with Crippen LogP contribution in [0.15, 0.2) is 24.3 Å². The molecule has 0 atom stereocenters. The number of hydrogen-bond acceptors (Lipinski definition) is 4. The summed E-state index contributed by atoms with van der Waals surface area (Å²) in [5.41, 5.74) is 4.12. The number of aryl methyl sites for hydroxylation is 1. The van der Waals surface area contributed by atoms with Gasteiger partial charge in [-0.1, -0.05) is 12.1 Å². The van der Waals surface area contributed by atoms with E-state index in [2.05, 4.69) is 27.6 Å². The highest BCUT2D eigenvalue weighted by Crippen LogP contribution is 2.26. The number of likely N-dealkylation sites (tertiary alicyclic amines) is 1. The lowest BCUT2D eigenvalue weighted by Crippen LogP contribution is -2.36. The highest BCUT2D eigenvalue weighted by Gasteiger charge is 2.21. The summed E-state index contributed by atoms with van der Waals surface area (Å²) in [6.07, 6.45) is 2.16. The molecule has 1 saturated heterocycles. The fourth-order valence-corrected chi connectivity index (χ4v) is 3.78. The Bertz CT molecular complexity index is 848. The van der Waals surface area contributed by atoms with Crippen LogP contribution in [-0.4, -0.2) is 47.8 Å². The number of anilines is 2. The molecule has 3 N–H and O–H groups in total. The van der Waals surface area contributed by atoms with Gasteiger partial charge in [0.2, 0.25) is 0 Å². The van der Waals surface area contributed by atoms with Gasteiger partial charge in [0, 0.05) is 17.3 Å². The maximum absolute atomic E-state index is 12.8. The van der Waals surface area contributed by atoms with Crippen LogP contribution in [0.1, 0.15) is 51.9 Å². The minimum atomic E-state index is -0.235. The third-order valence-corrected chi connectivity index (χ3v) is 5.27. The molecule has 1 aromatic heterocycles. The zero-order valence-electron chi connectivity index (χ0n) is 16.5. The van der Waals surface area contributed by atoms with Crippen molar-refractivity contribution in [3.8, 4) is 0 Å². The second-order valence-electron chi connectivity index (χ2n) is 7.40. The summed E-state index contributed by atoms with van der Waals surface area (Å²) in [6, 6.07) is 8.15. The van der Waals surface area contributed by atoms with Crippen molar-refractivity contribution in [2.45, 2.75) is 39.7 Å². The summed E-state index contributed by atoms with van der Waals surface area (Å²) < 4.78 is 0. The molecule has 0 aliphatic carbocycles. The molecule has 1 amide bonds. The summed E-state index contributed by atoms with van der Waals surface area (Å²) in [4.78, 5) is 30.0. The minimum Gasteiger partial charge on any atom is -0.381 e. The summed E-state index contributed by atoms with van der Waals surface area (Å²) in [7, 11) is 2.14. The Balaban J connectivity index is 1.77. The first-order valence-electron chi connectivity index (χ1n) is 9.42. The van der Waals surface area contributed by atoms with Gasteiger partial charge in [0.15, 0.2) is 5.78 Å². The number of ketones is 1. The number of para-hydroxylation sites is 2. The number of amides is 1. The fourth-order valence-electron chi connectivity index (χ4n) is 3.78. The monoisotopic (exact) mass is 368 g/mol. The smallest absolute Gasteiger partial charge is 0.272 e. The summed E-state index contributed by atoms with van der Waals surface area (Å²) in [6.45, 7) is 7.28. The van der Waals surface area contributed by atoms with Gasteiger partial charge in [-0.2, -0.15) is 0 Å². The predicted molar refractivity (Wildman–Crippen MR) is 109 cm³/mol. The molecular weight excluding hydrogens is 340 g/mol. The molecule has 27 heavy (non-hydrogen) atoms. The van der Waals surface area contributed by atoms with Gasteiger partial charge >= 0.3 is 0 Å². The molecule has 1 aliphatic heterocycles. The average molecular weight is 368 g/mol. The summed E-state index contributed by atoms with van der Waals surface area (Å²) in [5.74, 6) is -0.273. The average Bonchev–Trinajstić information content (AvgIpc) is 2.93. The summed E-state index contributed by atoms with van der Waals surface area (Å²) in [5, 5.41) is 6.56. The molecule has 0 saturated carbocycles. The van der Waals surface area contributed by atoms with E-state index in [1.54, 1.807) is 6.92 Å². The maximum Gasteiger partial charge on any atom is 0.272 e. The van der Waals surface area contributed by atoms with Crippen LogP contribution in [-0.2, 0) is 0 Å². The number of nitrogens with one attached hydrogen (secondary N) is 3. The van der Waals surface area contributed by atoms with Gasteiger partial charge in [-0.25, -0.2) is 0 Å². The van der Waals surface area contributed by atoms with E-state index in [4.69, 9.17) is 0 Å². The molecule has 144 valence electrons. The molecule has 6 nitrogen and oxygen atoms in total. The fraction of sp³-hybridized carbons (Fsp3) is 0.429. The second-order valence-corrected chi connectivity index (χ2v) is 7.40. The van der Waals surface area contributed by atoms with Crippen LogP contribution in [0, 0.1) is 13.8 Å².